The van der Waals surface area contributed by atoms with E-state index in [1.807, 2.05) is 0 Å². The number of rotatable bonds is 3. The second-order valence-corrected chi connectivity index (χ2v) is 3.82. The van der Waals surface area contributed by atoms with Gasteiger partial charge in [0.05, 0.1) is 5.54 Å². The standard InChI is InChI=1S/C11H15F2N/c1-10(2,14-3)11(12,13)9-7-5-4-6-8-9/h4-8,14H,1-3H3. The van der Waals surface area contributed by atoms with Crippen LogP contribution >= 0.6 is 0 Å². The molecule has 14 heavy (non-hydrogen) atoms. The first-order chi connectivity index (χ1) is 6.42. The zero-order chi connectivity index (χ0) is 10.8. The normalized spacial score (nSPS) is 12.9. The molecule has 78 valence electrons. The first-order valence-corrected chi connectivity index (χ1v) is 4.54. The molecule has 0 heterocycles. The fraction of sp³-hybridized carbons (Fsp3) is 0.455. The molecule has 0 bridgehead atoms. The number of hydrogen-bond donors (Lipinski definition) is 1. The highest BCUT2D eigenvalue weighted by molar-refractivity contribution is 5.23. The summed E-state index contributed by atoms with van der Waals surface area (Å²) in [6.45, 7) is 2.97. The average Bonchev–Trinajstić information content (AvgIpc) is 2.19. The Bertz CT molecular complexity index is 293. The molecule has 0 unspecified atom stereocenters. The molecule has 1 aromatic carbocycles. The van der Waals surface area contributed by atoms with Gasteiger partial charge in [-0.15, -0.1) is 0 Å². The number of nitrogens with one attached hydrogen (secondary N) is 1. The van der Waals surface area contributed by atoms with E-state index < -0.39 is 11.5 Å². The first kappa shape index (κ1) is 11.1. The third-order valence-electron chi connectivity index (χ3n) is 2.55. The zero-order valence-corrected chi connectivity index (χ0v) is 8.64. The molecule has 1 aromatic rings. The average molecular weight is 199 g/mol. The molecule has 0 aliphatic carbocycles. The molecular formula is C11H15F2N. The summed E-state index contributed by atoms with van der Waals surface area (Å²) in [6.07, 6.45) is 0. The summed E-state index contributed by atoms with van der Waals surface area (Å²) < 4.78 is 27.7. The summed E-state index contributed by atoms with van der Waals surface area (Å²) in [5.41, 5.74) is -1.20. The van der Waals surface area contributed by atoms with Gasteiger partial charge in [-0.2, -0.15) is 8.78 Å². The molecule has 0 aromatic heterocycles. The van der Waals surface area contributed by atoms with Crippen molar-refractivity contribution in [3.63, 3.8) is 0 Å². The van der Waals surface area contributed by atoms with Gasteiger partial charge in [-0.3, -0.25) is 0 Å². The van der Waals surface area contributed by atoms with E-state index in [2.05, 4.69) is 5.32 Å². The van der Waals surface area contributed by atoms with Crippen molar-refractivity contribution in [3.8, 4) is 0 Å². The molecule has 0 saturated carbocycles. The van der Waals surface area contributed by atoms with Crippen LogP contribution in [-0.2, 0) is 5.92 Å². The minimum Gasteiger partial charge on any atom is -0.309 e. The lowest BCUT2D eigenvalue weighted by atomic mass is 9.90. The van der Waals surface area contributed by atoms with Gasteiger partial charge >= 0.3 is 0 Å². The van der Waals surface area contributed by atoms with E-state index in [0.29, 0.717) is 0 Å². The molecule has 1 nitrogen and oxygen atoms in total. The van der Waals surface area contributed by atoms with E-state index in [1.165, 1.54) is 33.0 Å². The largest absolute Gasteiger partial charge is 0.309 e. The number of benzene rings is 1. The summed E-state index contributed by atoms with van der Waals surface area (Å²) in [5.74, 6) is -2.87. The van der Waals surface area contributed by atoms with Crippen LogP contribution in [0.15, 0.2) is 30.3 Å². The van der Waals surface area contributed by atoms with Crippen LogP contribution in [0.4, 0.5) is 8.78 Å². The van der Waals surface area contributed by atoms with Crippen molar-refractivity contribution in [2.75, 3.05) is 7.05 Å². The van der Waals surface area contributed by atoms with Crippen LogP contribution in [0.5, 0.6) is 0 Å². The van der Waals surface area contributed by atoms with Crippen molar-refractivity contribution < 1.29 is 8.78 Å². The van der Waals surface area contributed by atoms with E-state index in [1.54, 1.807) is 18.2 Å². The molecule has 0 radical (unpaired) electrons. The molecule has 3 heteroatoms. The molecule has 0 atom stereocenters. The van der Waals surface area contributed by atoms with Gasteiger partial charge in [0, 0.05) is 5.56 Å². The van der Waals surface area contributed by atoms with Gasteiger partial charge in [-0.25, -0.2) is 0 Å². The predicted octanol–water partition coefficient (Wildman–Crippen LogP) is 2.78. The smallest absolute Gasteiger partial charge is 0.290 e. The molecule has 0 fully saturated rings. The fourth-order valence-electron chi connectivity index (χ4n) is 1.17. The third-order valence-corrected chi connectivity index (χ3v) is 2.55. The molecular weight excluding hydrogens is 184 g/mol. The Balaban J connectivity index is 3.08. The lowest BCUT2D eigenvalue weighted by molar-refractivity contribution is -0.0802. The van der Waals surface area contributed by atoms with Gasteiger partial charge in [0.25, 0.3) is 5.92 Å². The lowest BCUT2D eigenvalue weighted by Gasteiger charge is -2.34. The lowest BCUT2D eigenvalue weighted by Crippen LogP contribution is -2.50. The van der Waals surface area contributed by atoms with Gasteiger partial charge in [-0.05, 0) is 20.9 Å². The molecule has 1 rings (SSSR count). The maximum absolute atomic E-state index is 13.9. The SMILES string of the molecule is CNC(C)(C)C(F)(F)c1ccccc1. The van der Waals surface area contributed by atoms with Crippen LogP contribution in [-0.4, -0.2) is 12.6 Å². The van der Waals surface area contributed by atoms with E-state index in [9.17, 15) is 8.78 Å². The summed E-state index contributed by atoms with van der Waals surface area (Å²) in [6, 6.07) is 7.86. The van der Waals surface area contributed by atoms with E-state index in [0.717, 1.165) is 0 Å². The molecule has 1 N–H and O–H groups in total. The summed E-state index contributed by atoms with van der Waals surface area (Å²) in [5, 5.41) is 2.63. The van der Waals surface area contributed by atoms with Crippen LogP contribution in [0.2, 0.25) is 0 Å². The molecule has 0 aliphatic heterocycles. The quantitative estimate of drug-likeness (QED) is 0.789. The van der Waals surface area contributed by atoms with E-state index >= 15 is 0 Å². The second kappa shape index (κ2) is 3.65. The van der Waals surface area contributed by atoms with Crippen LogP contribution in [0.25, 0.3) is 0 Å². The van der Waals surface area contributed by atoms with Crippen molar-refractivity contribution in [1.29, 1.82) is 0 Å². The Labute approximate surface area is 83.1 Å². The molecule has 0 aliphatic rings. The highest BCUT2D eigenvalue weighted by Crippen LogP contribution is 2.38. The van der Waals surface area contributed by atoms with E-state index in [-0.39, 0.29) is 5.56 Å². The van der Waals surface area contributed by atoms with Crippen molar-refractivity contribution in [3.05, 3.63) is 35.9 Å². The van der Waals surface area contributed by atoms with Gasteiger partial charge < -0.3 is 5.32 Å². The van der Waals surface area contributed by atoms with Gasteiger partial charge in [0.2, 0.25) is 0 Å². The van der Waals surface area contributed by atoms with Crippen LogP contribution in [0.1, 0.15) is 19.4 Å². The van der Waals surface area contributed by atoms with Crippen molar-refractivity contribution in [1.82, 2.24) is 5.32 Å². The third kappa shape index (κ3) is 1.77. The molecule has 0 spiro atoms. The van der Waals surface area contributed by atoms with Crippen molar-refractivity contribution >= 4 is 0 Å². The van der Waals surface area contributed by atoms with Gasteiger partial charge in [-0.1, -0.05) is 30.3 Å². The summed E-state index contributed by atoms with van der Waals surface area (Å²) >= 11 is 0. The van der Waals surface area contributed by atoms with Crippen LogP contribution in [0.3, 0.4) is 0 Å². The Morgan fingerprint density at radius 2 is 1.57 bits per heavy atom. The minimum atomic E-state index is -2.87. The zero-order valence-electron chi connectivity index (χ0n) is 8.64. The second-order valence-electron chi connectivity index (χ2n) is 3.82. The molecule has 0 saturated heterocycles. The highest BCUT2D eigenvalue weighted by Gasteiger charge is 2.46. The number of alkyl halides is 2. The monoisotopic (exact) mass is 199 g/mol. The Hall–Kier alpha value is -0.960. The minimum absolute atomic E-state index is 0.0411. The maximum atomic E-state index is 13.9. The maximum Gasteiger partial charge on any atom is 0.290 e. The Morgan fingerprint density at radius 3 is 2.00 bits per heavy atom. The Kier molecular flexibility index (Phi) is 2.90. The summed E-state index contributed by atoms with van der Waals surface area (Å²) in [7, 11) is 1.54. The van der Waals surface area contributed by atoms with E-state index in [4.69, 9.17) is 0 Å². The van der Waals surface area contributed by atoms with Crippen LogP contribution in [0, 0.1) is 0 Å². The number of halogens is 2. The highest BCUT2D eigenvalue weighted by atomic mass is 19.3. The van der Waals surface area contributed by atoms with Gasteiger partial charge in [0.15, 0.2) is 0 Å². The first-order valence-electron chi connectivity index (χ1n) is 4.54. The Morgan fingerprint density at radius 1 is 1.07 bits per heavy atom. The predicted molar refractivity (Wildman–Crippen MR) is 53.5 cm³/mol. The van der Waals surface area contributed by atoms with Gasteiger partial charge in [0.1, 0.15) is 0 Å². The summed E-state index contributed by atoms with van der Waals surface area (Å²) in [4.78, 5) is 0. The fourth-order valence-corrected chi connectivity index (χ4v) is 1.17. The van der Waals surface area contributed by atoms with Crippen LogP contribution < -0.4 is 5.32 Å². The topological polar surface area (TPSA) is 12.0 Å². The van der Waals surface area contributed by atoms with Crippen molar-refractivity contribution in [2.24, 2.45) is 0 Å². The molecule has 0 amide bonds. The number of likely N-dealkylation sites (N-methyl/N-ethyl adjacent to an activating group) is 1. The van der Waals surface area contributed by atoms with Crippen molar-refractivity contribution in [2.45, 2.75) is 25.3 Å². The number of hydrogen-bond acceptors (Lipinski definition) is 1.